The van der Waals surface area contributed by atoms with Gasteiger partial charge in [0.2, 0.25) is 5.79 Å². The normalized spacial score (nSPS) is 21.5. The molecule has 70 heavy (non-hydrogen) atoms. The number of carbonyl (C=O) groups excluding carboxylic acids is 2. The third-order valence-corrected chi connectivity index (χ3v) is 13.8. The van der Waals surface area contributed by atoms with Crippen molar-refractivity contribution in [2.45, 2.75) is 69.2 Å². The Morgan fingerprint density at radius 3 is 2.40 bits per heavy atom. The van der Waals surface area contributed by atoms with Gasteiger partial charge < -0.3 is 43.6 Å². The maximum absolute atomic E-state index is 15.5. The Bertz CT molecular complexity index is 2780. The maximum Gasteiger partial charge on any atom is 0.417 e. The van der Waals surface area contributed by atoms with Gasteiger partial charge in [-0.2, -0.15) is 5.26 Å². The Hall–Kier alpha value is -7.18. The van der Waals surface area contributed by atoms with Gasteiger partial charge in [-0.05, 0) is 114 Å². The molecule has 0 saturated heterocycles. The monoisotopic (exact) mass is 948 g/mol. The van der Waals surface area contributed by atoms with Crippen molar-refractivity contribution in [3.05, 3.63) is 150 Å². The van der Waals surface area contributed by atoms with Crippen molar-refractivity contribution in [2.75, 3.05) is 46.5 Å². The summed E-state index contributed by atoms with van der Waals surface area (Å²) < 4.78 is 31.5. The highest BCUT2D eigenvalue weighted by atomic mass is 16.7. The minimum Gasteiger partial charge on any atom is -0.497 e. The fourth-order valence-electron chi connectivity index (χ4n) is 10.8. The summed E-state index contributed by atoms with van der Waals surface area (Å²) in [4.78, 5) is 36.7. The van der Waals surface area contributed by atoms with Crippen LogP contribution in [0.3, 0.4) is 0 Å². The zero-order chi connectivity index (χ0) is 49.2. The molecule has 0 bridgehead atoms. The quantitative estimate of drug-likeness (QED) is 0.0384. The molecule has 1 aliphatic heterocycles. The number of ether oxygens (including phenoxy) is 5. The average molecular weight is 949 g/mol. The number of methoxy groups -OCH3 is 2. The van der Waals surface area contributed by atoms with Crippen LogP contribution < -0.4 is 24.3 Å². The van der Waals surface area contributed by atoms with E-state index in [4.69, 9.17) is 33.7 Å². The molecule has 2 amide bonds. The SMILES string of the molecule is C=CCOC12Oc3ccc(OC(=O)Nc4ccc(OC)cc4OC)cc3C3C(CCCCO)C(CCCCO)C=C(C(=NOC)CC1N(Cc1cccc4ccccc14)C(=O)c1ccc(C#N)cc1)C32. The van der Waals surface area contributed by atoms with Crippen LogP contribution in [0.15, 0.2) is 133 Å². The van der Waals surface area contributed by atoms with Gasteiger partial charge >= 0.3 is 6.09 Å². The molecule has 6 unspecified atom stereocenters. The molecule has 14 heteroatoms. The first-order valence-electron chi connectivity index (χ1n) is 23.8. The fourth-order valence-corrected chi connectivity index (χ4v) is 10.8. The summed E-state index contributed by atoms with van der Waals surface area (Å²) in [6.45, 7) is 4.37. The Morgan fingerprint density at radius 2 is 1.67 bits per heavy atom. The van der Waals surface area contributed by atoms with Gasteiger partial charge in [-0.15, -0.1) is 6.58 Å². The summed E-state index contributed by atoms with van der Waals surface area (Å²) in [5, 5.41) is 39.3. The molecule has 0 aromatic heterocycles. The van der Waals surface area contributed by atoms with Crippen LogP contribution in [0.4, 0.5) is 10.5 Å². The van der Waals surface area contributed by atoms with Crippen LogP contribution in [-0.4, -0.2) is 85.8 Å². The van der Waals surface area contributed by atoms with Crippen LogP contribution in [0, 0.1) is 29.1 Å². The lowest BCUT2D eigenvalue weighted by Gasteiger charge is -2.60. The molecule has 3 N–H and O–H groups in total. The van der Waals surface area contributed by atoms with E-state index in [2.05, 4.69) is 24.0 Å². The van der Waals surface area contributed by atoms with E-state index in [-0.39, 0.29) is 62.2 Å². The molecule has 1 saturated carbocycles. The Kier molecular flexibility index (Phi) is 15.8. The summed E-state index contributed by atoms with van der Waals surface area (Å²) >= 11 is 0. The van der Waals surface area contributed by atoms with Crippen molar-refractivity contribution >= 4 is 34.2 Å². The summed E-state index contributed by atoms with van der Waals surface area (Å²) in [7, 11) is 4.55. The van der Waals surface area contributed by atoms with Crippen LogP contribution in [0.2, 0.25) is 0 Å². The van der Waals surface area contributed by atoms with Gasteiger partial charge in [0, 0.05) is 49.3 Å². The van der Waals surface area contributed by atoms with E-state index in [0.29, 0.717) is 59.0 Å². The smallest absolute Gasteiger partial charge is 0.417 e. The standard InChI is InChI=1S/C56H60N4O10/c1-5-29-68-56-51(60(54(63)38-21-19-36(34-57)20-22-38)35-40-16-12-15-37-13-6-7-17-43(37)40)33-48(59-67-4)45-30-39(14-8-10-27-61)44(18-9-11-28-62)52(53(45)56)46-31-42(24-26-49(46)70-56)69-55(64)58-47-25-23-41(65-2)32-50(47)66-3/h5-7,12-13,15-17,19-26,30-32,39,44,51-53,61-62H,1,8-11,14,18,27-29,33,35H2,2-4H3,(H,58,64). The molecular weight excluding hydrogens is 889 g/mol. The third-order valence-electron chi connectivity index (χ3n) is 13.8. The van der Waals surface area contributed by atoms with Crippen LogP contribution in [0.25, 0.3) is 10.8 Å². The van der Waals surface area contributed by atoms with Crippen molar-refractivity contribution in [3.63, 3.8) is 0 Å². The van der Waals surface area contributed by atoms with Crippen molar-refractivity contribution in [3.8, 4) is 29.1 Å². The lowest BCUT2D eigenvalue weighted by Crippen LogP contribution is -2.70. The molecule has 1 heterocycles. The second-order valence-electron chi connectivity index (χ2n) is 17.8. The van der Waals surface area contributed by atoms with Crippen molar-refractivity contribution < 1.29 is 48.3 Å². The van der Waals surface area contributed by atoms with E-state index in [9.17, 15) is 20.3 Å². The minimum absolute atomic E-state index is 0.0226. The number of anilines is 1. The van der Waals surface area contributed by atoms with E-state index >= 15 is 4.79 Å². The molecule has 3 aliphatic rings. The van der Waals surface area contributed by atoms with Gasteiger partial charge in [-0.25, -0.2) is 4.79 Å². The zero-order valence-corrected chi connectivity index (χ0v) is 39.8. The van der Waals surface area contributed by atoms with Crippen LogP contribution in [0.1, 0.15) is 77.9 Å². The first-order chi connectivity index (χ1) is 34.2. The number of nitriles is 1. The van der Waals surface area contributed by atoms with E-state index < -0.39 is 23.8 Å². The highest BCUT2D eigenvalue weighted by molar-refractivity contribution is 6.03. The van der Waals surface area contributed by atoms with E-state index in [1.165, 1.54) is 14.2 Å². The van der Waals surface area contributed by atoms with Gasteiger partial charge in [0.1, 0.15) is 36.1 Å². The van der Waals surface area contributed by atoms with Crippen molar-refractivity contribution in [2.24, 2.45) is 22.9 Å². The number of nitrogens with one attached hydrogen (secondary N) is 1. The number of allylic oxidation sites excluding steroid dienone is 1. The first-order valence-corrected chi connectivity index (χ1v) is 23.8. The highest BCUT2D eigenvalue weighted by Gasteiger charge is 2.65. The van der Waals surface area contributed by atoms with E-state index in [1.807, 2.05) is 53.4 Å². The van der Waals surface area contributed by atoms with Gasteiger partial charge in [-0.1, -0.05) is 72.6 Å². The molecule has 6 atom stereocenters. The van der Waals surface area contributed by atoms with Crippen LogP contribution in [-0.2, 0) is 16.1 Å². The molecule has 14 nitrogen and oxygen atoms in total. The fraction of sp³-hybridized carbons (Fsp3) is 0.357. The summed E-state index contributed by atoms with van der Waals surface area (Å²) in [5.41, 5.74) is 4.35. The predicted octanol–water partition coefficient (Wildman–Crippen LogP) is 9.95. The Labute approximate surface area is 408 Å². The second-order valence-corrected chi connectivity index (χ2v) is 17.8. The number of aliphatic hydroxyl groups excluding tert-OH is 2. The molecule has 0 spiro atoms. The number of oxime groups is 1. The van der Waals surface area contributed by atoms with Crippen molar-refractivity contribution in [1.82, 2.24) is 4.90 Å². The predicted molar refractivity (Wildman–Crippen MR) is 266 cm³/mol. The van der Waals surface area contributed by atoms with Gasteiger partial charge in [0.05, 0.1) is 49.8 Å². The molecular formula is C56H60N4O10. The molecule has 0 radical (unpaired) electrons. The van der Waals surface area contributed by atoms with Crippen molar-refractivity contribution in [1.29, 1.82) is 5.26 Å². The maximum atomic E-state index is 15.5. The number of nitrogens with zero attached hydrogens (tertiary/aromatic N) is 3. The number of fused-ring (bicyclic) bond motifs is 3. The second kappa shape index (κ2) is 22.5. The Morgan fingerprint density at radius 1 is 0.914 bits per heavy atom. The summed E-state index contributed by atoms with van der Waals surface area (Å²) in [6, 6.07) is 32.4. The van der Waals surface area contributed by atoms with Gasteiger partial charge in [0.15, 0.2) is 0 Å². The summed E-state index contributed by atoms with van der Waals surface area (Å²) in [5.74, 6) is -1.26. The molecule has 364 valence electrons. The van der Waals surface area contributed by atoms with Gasteiger partial charge in [0.25, 0.3) is 5.91 Å². The number of aliphatic hydroxyl groups is 2. The lowest BCUT2D eigenvalue weighted by atomic mass is 9.55. The Balaban J connectivity index is 1.32. The van der Waals surface area contributed by atoms with E-state index in [1.54, 1.807) is 67.8 Å². The number of unbranched alkanes of at least 4 members (excludes halogenated alkanes) is 2. The number of carbonyl (C=O) groups is 2. The largest absolute Gasteiger partial charge is 0.497 e. The molecule has 5 aromatic rings. The number of benzene rings is 5. The average Bonchev–Trinajstić information content (AvgIpc) is 3.38. The number of hydrogen-bond donors (Lipinski definition) is 3. The van der Waals surface area contributed by atoms with Crippen LogP contribution in [0.5, 0.6) is 23.0 Å². The van der Waals surface area contributed by atoms with Crippen LogP contribution >= 0.6 is 0 Å². The van der Waals surface area contributed by atoms with E-state index in [0.717, 1.165) is 46.7 Å². The number of rotatable bonds is 20. The molecule has 2 aliphatic carbocycles. The number of amides is 2. The lowest BCUT2D eigenvalue weighted by molar-refractivity contribution is -0.255. The highest BCUT2D eigenvalue weighted by Crippen LogP contribution is 2.62. The topological polar surface area (TPSA) is 181 Å². The molecule has 1 fully saturated rings. The molecule has 8 rings (SSSR count). The minimum atomic E-state index is -1.56. The first kappa shape index (κ1) is 49.2. The summed E-state index contributed by atoms with van der Waals surface area (Å²) in [6.07, 6.45) is 7.52. The molecule has 5 aromatic carbocycles. The zero-order valence-electron chi connectivity index (χ0n) is 39.8. The number of hydrogen-bond acceptors (Lipinski definition) is 12. The third kappa shape index (κ3) is 10.1. The van der Waals surface area contributed by atoms with Gasteiger partial charge in [-0.3, -0.25) is 10.1 Å².